The lowest BCUT2D eigenvalue weighted by Crippen LogP contribution is -2.39. The third-order valence-electron chi connectivity index (χ3n) is 6.83. The average molecular weight is 421 g/mol. The minimum Gasteiger partial charge on any atom is -0.497 e. The first-order valence-corrected chi connectivity index (χ1v) is 10.8. The van der Waals surface area contributed by atoms with E-state index in [1.807, 2.05) is 18.2 Å². The summed E-state index contributed by atoms with van der Waals surface area (Å²) in [6.07, 6.45) is 0.0706. The van der Waals surface area contributed by atoms with Gasteiger partial charge in [-0.3, -0.25) is 0 Å². The fraction of sp³-hybridized carbons (Fsp3) is 0.520. The molecule has 2 aromatic carbocycles. The topological polar surface area (TPSA) is 29.5 Å². The molecular weight excluding hydrogens is 389 g/mol. The Labute approximate surface area is 177 Å². The quantitative estimate of drug-likeness (QED) is 0.525. The van der Waals surface area contributed by atoms with E-state index in [0.717, 1.165) is 55.7 Å². The molecule has 0 aliphatic heterocycles. The first kappa shape index (κ1) is 22.7. The van der Waals surface area contributed by atoms with Gasteiger partial charge < -0.3 is 9.84 Å². The third-order valence-corrected chi connectivity index (χ3v) is 6.83. The van der Waals surface area contributed by atoms with Crippen molar-refractivity contribution in [3.63, 3.8) is 0 Å². The number of hydrogen-bond acceptors (Lipinski definition) is 2. The molecule has 0 fully saturated rings. The molecule has 0 amide bonds. The molecule has 0 spiro atoms. The summed E-state index contributed by atoms with van der Waals surface area (Å²) in [4.78, 5) is 0. The standard InChI is InChI=1S/C25H31F3O2/c1-4-6-13-24(5-2)14-12-17-10-11-20(30-3)16-21(17)22(23(24)29)18-8-7-9-19(15-18)25(26,27)28/h7-11,15-16,22-23,29H,4-6,12-14H2,1-3H3/t22-,23-,24-/m1/s1. The number of rotatable bonds is 6. The zero-order valence-corrected chi connectivity index (χ0v) is 17.9. The summed E-state index contributed by atoms with van der Waals surface area (Å²) in [5, 5.41) is 11.7. The van der Waals surface area contributed by atoms with Gasteiger partial charge in [-0.05, 0) is 66.0 Å². The number of aliphatic hydroxyl groups is 1. The molecule has 1 aliphatic carbocycles. The Kier molecular flexibility index (Phi) is 6.81. The number of aliphatic hydroxyl groups excluding tert-OH is 1. The predicted octanol–water partition coefficient (Wildman–Crippen LogP) is 6.74. The molecule has 5 heteroatoms. The van der Waals surface area contributed by atoms with Crippen LogP contribution in [-0.2, 0) is 12.6 Å². The molecule has 3 atom stereocenters. The minimum atomic E-state index is -4.42. The Bertz CT molecular complexity index is 862. The number of hydrogen-bond donors (Lipinski definition) is 1. The highest BCUT2D eigenvalue weighted by molar-refractivity contribution is 5.46. The third kappa shape index (κ3) is 4.36. The average Bonchev–Trinajstić information content (AvgIpc) is 2.86. The Balaban J connectivity index is 2.19. The summed E-state index contributed by atoms with van der Waals surface area (Å²) >= 11 is 0. The maximum Gasteiger partial charge on any atom is 0.416 e. The Hall–Kier alpha value is -2.01. The zero-order valence-electron chi connectivity index (χ0n) is 17.9. The van der Waals surface area contributed by atoms with Crippen LogP contribution in [0.4, 0.5) is 13.2 Å². The van der Waals surface area contributed by atoms with Crippen molar-refractivity contribution in [1.29, 1.82) is 0 Å². The molecule has 0 saturated heterocycles. The van der Waals surface area contributed by atoms with Gasteiger partial charge in [-0.15, -0.1) is 0 Å². The van der Waals surface area contributed by atoms with Gasteiger partial charge in [0.05, 0.1) is 18.8 Å². The number of unbranched alkanes of at least 4 members (excludes halogenated alkanes) is 1. The summed E-state index contributed by atoms with van der Waals surface area (Å²) in [5.74, 6) is 0.118. The lowest BCUT2D eigenvalue weighted by Gasteiger charge is -2.40. The minimum absolute atomic E-state index is 0.332. The van der Waals surface area contributed by atoms with Gasteiger partial charge in [0.25, 0.3) is 0 Å². The number of ether oxygens (including phenoxy) is 1. The second-order valence-electron chi connectivity index (χ2n) is 8.43. The molecule has 0 saturated carbocycles. The molecule has 0 unspecified atom stereocenters. The highest BCUT2D eigenvalue weighted by Crippen LogP contribution is 2.49. The molecule has 2 aromatic rings. The first-order valence-electron chi connectivity index (χ1n) is 10.8. The van der Waals surface area contributed by atoms with E-state index >= 15 is 0 Å². The Morgan fingerprint density at radius 2 is 1.90 bits per heavy atom. The summed E-state index contributed by atoms with van der Waals surface area (Å²) in [5.41, 5.74) is 1.43. The number of fused-ring (bicyclic) bond motifs is 1. The van der Waals surface area contributed by atoms with Gasteiger partial charge in [0.15, 0.2) is 0 Å². The van der Waals surface area contributed by atoms with Crippen LogP contribution in [0.3, 0.4) is 0 Å². The van der Waals surface area contributed by atoms with E-state index in [4.69, 9.17) is 4.74 Å². The van der Waals surface area contributed by atoms with E-state index in [2.05, 4.69) is 13.8 Å². The summed E-state index contributed by atoms with van der Waals surface area (Å²) in [6, 6.07) is 11.2. The maximum atomic E-state index is 13.4. The van der Waals surface area contributed by atoms with Crippen LogP contribution in [0.15, 0.2) is 42.5 Å². The van der Waals surface area contributed by atoms with Crippen molar-refractivity contribution in [2.75, 3.05) is 7.11 Å². The van der Waals surface area contributed by atoms with Crippen molar-refractivity contribution < 1.29 is 23.0 Å². The largest absolute Gasteiger partial charge is 0.497 e. The normalized spacial score (nSPS) is 24.2. The Morgan fingerprint density at radius 3 is 2.53 bits per heavy atom. The second kappa shape index (κ2) is 9.01. The molecule has 1 N–H and O–H groups in total. The molecule has 1 aliphatic rings. The fourth-order valence-electron chi connectivity index (χ4n) is 4.91. The number of alkyl halides is 3. The van der Waals surface area contributed by atoms with Gasteiger partial charge in [0.2, 0.25) is 0 Å². The second-order valence-corrected chi connectivity index (χ2v) is 8.43. The lowest BCUT2D eigenvalue weighted by atomic mass is 9.67. The van der Waals surface area contributed by atoms with Crippen molar-refractivity contribution in [3.8, 4) is 5.75 Å². The zero-order chi connectivity index (χ0) is 21.9. The number of benzene rings is 2. The molecule has 2 nitrogen and oxygen atoms in total. The number of methoxy groups -OCH3 is 1. The van der Waals surface area contributed by atoms with Gasteiger partial charge in [-0.25, -0.2) is 0 Å². The van der Waals surface area contributed by atoms with E-state index in [-0.39, 0.29) is 5.41 Å². The van der Waals surface area contributed by atoms with E-state index in [0.29, 0.717) is 11.3 Å². The summed E-state index contributed by atoms with van der Waals surface area (Å²) in [6.45, 7) is 4.20. The van der Waals surface area contributed by atoms with Crippen LogP contribution in [-0.4, -0.2) is 18.3 Å². The van der Waals surface area contributed by atoms with Crippen molar-refractivity contribution in [2.24, 2.45) is 5.41 Å². The Morgan fingerprint density at radius 1 is 1.13 bits per heavy atom. The molecule has 30 heavy (non-hydrogen) atoms. The van der Waals surface area contributed by atoms with Gasteiger partial charge in [-0.1, -0.05) is 51.0 Å². The molecule has 3 rings (SSSR count). The molecule has 0 heterocycles. The van der Waals surface area contributed by atoms with Crippen LogP contribution in [0, 0.1) is 5.41 Å². The van der Waals surface area contributed by atoms with Crippen LogP contribution in [0.5, 0.6) is 5.75 Å². The van der Waals surface area contributed by atoms with Crippen molar-refractivity contribution in [3.05, 3.63) is 64.7 Å². The van der Waals surface area contributed by atoms with Gasteiger partial charge in [0, 0.05) is 5.92 Å². The summed E-state index contributed by atoms with van der Waals surface area (Å²) in [7, 11) is 1.58. The van der Waals surface area contributed by atoms with Crippen LogP contribution in [0.1, 0.15) is 74.1 Å². The van der Waals surface area contributed by atoms with Crippen LogP contribution in [0.25, 0.3) is 0 Å². The predicted molar refractivity (Wildman–Crippen MR) is 113 cm³/mol. The molecular formula is C25H31F3O2. The highest BCUT2D eigenvalue weighted by atomic mass is 19.4. The van der Waals surface area contributed by atoms with Crippen molar-refractivity contribution in [2.45, 2.75) is 70.6 Å². The van der Waals surface area contributed by atoms with Gasteiger partial charge >= 0.3 is 6.18 Å². The molecule has 0 bridgehead atoms. The number of aryl methyl sites for hydroxylation is 1. The SMILES string of the molecule is CCCC[C@]1(CC)CCc2ccc(OC)cc2[C@@H](c2cccc(C(F)(F)F)c2)[C@H]1O. The van der Waals surface area contributed by atoms with E-state index in [1.165, 1.54) is 12.1 Å². The molecule has 0 radical (unpaired) electrons. The fourth-order valence-corrected chi connectivity index (χ4v) is 4.91. The van der Waals surface area contributed by atoms with Crippen LogP contribution in [0.2, 0.25) is 0 Å². The van der Waals surface area contributed by atoms with Crippen LogP contribution < -0.4 is 4.74 Å². The van der Waals surface area contributed by atoms with Crippen LogP contribution >= 0.6 is 0 Å². The van der Waals surface area contributed by atoms with E-state index < -0.39 is 23.8 Å². The first-order chi connectivity index (χ1) is 14.3. The maximum absolute atomic E-state index is 13.4. The monoisotopic (exact) mass is 420 g/mol. The van der Waals surface area contributed by atoms with Crippen molar-refractivity contribution in [1.82, 2.24) is 0 Å². The number of halogens is 3. The summed E-state index contributed by atoms with van der Waals surface area (Å²) < 4.78 is 45.7. The highest BCUT2D eigenvalue weighted by Gasteiger charge is 2.44. The molecule has 164 valence electrons. The van der Waals surface area contributed by atoms with Crippen molar-refractivity contribution >= 4 is 0 Å². The molecule has 0 aromatic heterocycles. The lowest BCUT2D eigenvalue weighted by molar-refractivity contribution is -0.137. The van der Waals surface area contributed by atoms with E-state index in [9.17, 15) is 18.3 Å². The van der Waals surface area contributed by atoms with Gasteiger partial charge in [-0.2, -0.15) is 13.2 Å². The smallest absolute Gasteiger partial charge is 0.416 e. The van der Waals surface area contributed by atoms with E-state index in [1.54, 1.807) is 13.2 Å². The van der Waals surface area contributed by atoms with Gasteiger partial charge in [0.1, 0.15) is 5.75 Å².